The van der Waals surface area contributed by atoms with Crippen molar-refractivity contribution in [2.75, 3.05) is 13.1 Å². The van der Waals surface area contributed by atoms with Gasteiger partial charge in [0.15, 0.2) is 0 Å². The van der Waals surface area contributed by atoms with Crippen LogP contribution in [0.25, 0.3) is 0 Å². The van der Waals surface area contributed by atoms with E-state index in [9.17, 15) is 13.2 Å². The molecule has 1 unspecified atom stereocenters. The van der Waals surface area contributed by atoms with Crippen LogP contribution in [0.5, 0.6) is 0 Å². The van der Waals surface area contributed by atoms with Crippen molar-refractivity contribution >= 4 is 15.8 Å². The number of sulfonamides is 1. The van der Waals surface area contributed by atoms with Crippen LogP contribution < -0.4 is 0 Å². The highest BCUT2D eigenvalue weighted by atomic mass is 32.2. The van der Waals surface area contributed by atoms with Gasteiger partial charge in [-0.15, -0.1) is 0 Å². The fourth-order valence-corrected chi connectivity index (χ4v) is 4.37. The predicted molar refractivity (Wildman–Crippen MR) is 78.1 cm³/mol. The van der Waals surface area contributed by atoms with Crippen LogP contribution in [-0.4, -0.2) is 31.6 Å². The molecule has 0 saturated carbocycles. The molecule has 1 aromatic carbocycles. The Morgan fingerprint density at radius 3 is 2.60 bits per heavy atom. The average Bonchev–Trinajstić information content (AvgIpc) is 2.38. The van der Waals surface area contributed by atoms with Crippen LogP contribution in [0.2, 0.25) is 0 Å². The van der Waals surface area contributed by atoms with E-state index in [2.05, 4.69) is 0 Å². The number of carbonyl (C=O) groups is 1. The summed E-state index contributed by atoms with van der Waals surface area (Å²) >= 11 is 0. The fraction of sp³-hybridized carbons (Fsp3) is 0.533. The number of ketones is 1. The SMILES string of the molecule is CCC1CN(S(=O)(=O)c2ccc(C)cc2C)CCC1=O. The van der Waals surface area contributed by atoms with Crippen LogP contribution in [0, 0.1) is 19.8 Å². The van der Waals surface area contributed by atoms with Gasteiger partial charge in [-0.05, 0) is 31.9 Å². The van der Waals surface area contributed by atoms with Gasteiger partial charge in [0, 0.05) is 25.4 Å². The number of Topliss-reactive ketones (excluding diaryl/α,β-unsaturated/α-hetero) is 1. The Labute approximate surface area is 120 Å². The van der Waals surface area contributed by atoms with Gasteiger partial charge in [-0.1, -0.05) is 24.6 Å². The molecule has 2 rings (SSSR count). The van der Waals surface area contributed by atoms with E-state index in [4.69, 9.17) is 0 Å². The Kier molecular flexibility index (Phi) is 4.30. The van der Waals surface area contributed by atoms with Gasteiger partial charge in [0.05, 0.1) is 4.90 Å². The molecular weight excluding hydrogens is 274 g/mol. The lowest BCUT2D eigenvalue weighted by Crippen LogP contribution is -2.44. The molecule has 4 nitrogen and oxygen atoms in total. The highest BCUT2D eigenvalue weighted by Crippen LogP contribution is 2.25. The van der Waals surface area contributed by atoms with Gasteiger partial charge < -0.3 is 0 Å². The summed E-state index contributed by atoms with van der Waals surface area (Å²) in [5, 5.41) is 0. The molecule has 0 spiro atoms. The summed E-state index contributed by atoms with van der Waals surface area (Å²) in [4.78, 5) is 12.1. The Morgan fingerprint density at radius 1 is 1.30 bits per heavy atom. The molecule has 1 aliphatic heterocycles. The number of aryl methyl sites for hydroxylation is 2. The average molecular weight is 295 g/mol. The summed E-state index contributed by atoms with van der Waals surface area (Å²) in [7, 11) is -3.49. The first kappa shape index (κ1) is 15.2. The molecule has 110 valence electrons. The van der Waals surface area contributed by atoms with Crippen LogP contribution in [0.15, 0.2) is 23.1 Å². The summed E-state index contributed by atoms with van der Waals surface area (Å²) in [6.07, 6.45) is 1.01. The molecule has 1 aromatic rings. The van der Waals surface area contributed by atoms with Crippen molar-refractivity contribution < 1.29 is 13.2 Å². The summed E-state index contributed by atoms with van der Waals surface area (Å²) in [6.45, 7) is 6.29. The molecule has 1 aliphatic rings. The molecule has 5 heteroatoms. The minimum atomic E-state index is -3.49. The number of hydrogen-bond donors (Lipinski definition) is 0. The summed E-state index contributed by atoms with van der Waals surface area (Å²) in [6, 6.07) is 5.35. The number of nitrogens with zero attached hydrogens (tertiary/aromatic N) is 1. The summed E-state index contributed by atoms with van der Waals surface area (Å²) in [5.74, 6) is 0.0175. The zero-order valence-corrected chi connectivity index (χ0v) is 13.0. The number of piperidine rings is 1. The van der Waals surface area contributed by atoms with Crippen LogP contribution in [0.1, 0.15) is 30.9 Å². The largest absolute Gasteiger partial charge is 0.299 e. The molecule has 0 bridgehead atoms. The first-order chi connectivity index (χ1) is 9.36. The first-order valence-electron chi connectivity index (χ1n) is 6.96. The molecule has 1 saturated heterocycles. The van der Waals surface area contributed by atoms with Crippen LogP contribution in [-0.2, 0) is 14.8 Å². The van der Waals surface area contributed by atoms with E-state index in [1.54, 1.807) is 6.07 Å². The Hall–Kier alpha value is -1.20. The van der Waals surface area contributed by atoms with E-state index in [0.717, 1.165) is 11.1 Å². The zero-order valence-electron chi connectivity index (χ0n) is 12.2. The van der Waals surface area contributed by atoms with Crippen LogP contribution in [0.3, 0.4) is 0 Å². The van der Waals surface area contributed by atoms with E-state index in [1.165, 1.54) is 4.31 Å². The Balaban J connectivity index is 2.33. The lowest BCUT2D eigenvalue weighted by Gasteiger charge is -2.30. The predicted octanol–water partition coefficient (Wildman–Crippen LogP) is 2.29. The molecule has 20 heavy (non-hydrogen) atoms. The number of hydrogen-bond acceptors (Lipinski definition) is 3. The van der Waals surface area contributed by atoms with Crippen molar-refractivity contribution in [1.29, 1.82) is 0 Å². The molecule has 1 heterocycles. The molecule has 0 radical (unpaired) electrons. The minimum Gasteiger partial charge on any atom is -0.299 e. The number of benzene rings is 1. The molecule has 0 amide bonds. The second kappa shape index (κ2) is 5.66. The maximum absolute atomic E-state index is 12.7. The second-order valence-electron chi connectivity index (χ2n) is 5.45. The Morgan fingerprint density at radius 2 is 2.00 bits per heavy atom. The minimum absolute atomic E-state index is 0.163. The highest BCUT2D eigenvalue weighted by Gasteiger charge is 2.34. The zero-order chi connectivity index (χ0) is 14.9. The van der Waals surface area contributed by atoms with Crippen molar-refractivity contribution in [3.63, 3.8) is 0 Å². The van der Waals surface area contributed by atoms with Crippen molar-refractivity contribution in [2.45, 2.75) is 38.5 Å². The van der Waals surface area contributed by atoms with Crippen LogP contribution in [0.4, 0.5) is 0 Å². The van der Waals surface area contributed by atoms with Crippen LogP contribution >= 0.6 is 0 Å². The van der Waals surface area contributed by atoms with Gasteiger partial charge in [0.25, 0.3) is 0 Å². The van der Waals surface area contributed by atoms with Gasteiger partial charge in [-0.3, -0.25) is 4.79 Å². The standard InChI is InChI=1S/C15H21NO3S/c1-4-13-10-16(8-7-14(13)17)20(18,19)15-6-5-11(2)9-12(15)3/h5-6,9,13H,4,7-8,10H2,1-3H3. The maximum atomic E-state index is 12.7. The third-order valence-electron chi connectivity index (χ3n) is 3.93. The summed E-state index contributed by atoms with van der Waals surface area (Å²) < 4.78 is 26.9. The quantitative estimate of drug-likeness (QED) is 0.859. The topological polar surface area (TPSA) is 54.5 Å². The molecule has 1 atom stereocenters. The first-order valence-corrected chi connectivity index (χ1v) is 8.40. The highest BCUT2D eigenvalue weighted by molar-refractivity contribution is 7.89. The van der Waals surface area contributed by atoms with Crippen molar-refractivity contribution in [1.82, 2.24) is 4.31 Å². The van der Waals surface area contributed by atoms with E-state index in [1.807, 2.05) is 32.9 Å². The molecule has 0 aromatic heterocycles. The lowest BCUT2D eigenvalue weighted by atomic mass is 9.96. The molecular formula is C15H21NO3S. The third-order valence-corrected chi connectivity index (χ3v) is 5.95. The maximum Gasteiger partial charge on any atom is 0.243 e. The van der Waals surface area contributed by atoms with E-state index in [0.29, 0.717) is 30.8 Å². The van der Waals surface area contributed by atoms with Gasteiger partial charge in [-0.2, -0.15) is 4.31 Å². The monoisotopic (exact) mass is 295 g/mol. The number of rotatable bonds is 3. The Bertz CT molecular complexity index is 622. The van der Waals surface area contributed by atoms with E-state index in [-0.39, 0.29) is 11.7 Å². The fourth-order valence-electron chi connectivity index (χ4n) is 2.68. The van der Waals surface area contributed by atoms with Crippen molar-refractivity contribution in [3.8, 4) is 0 Å². The summed E-state index contributed by atoms with van der Waals surface area (Å²) in [5.41, 5.74) is 1.80. The smallest absolute Gasteiger partial charge is 0.243 e. The van der Waals surface area contributed by atoms with Gasteiger partial charge in [0.1, 0.15) is 5.78 Å². The van der Waals surface area contributed by atoms with Gasteiger partial charge in [-0.25, -0.2) is 8.42 Å². The van der Waals surface area contributed by atoms with Gasteiger partial charge in [0.2, 0.25) is 10.0 Å². The van der Waals surface area contributed by atoms with Gasteiger partial charge >= 0.3 is 0 Å². The molecule has 0 aliphatic carbocycles. The van der Waals surface area contributed by atoms with Crippen molar-refractivity contribution in [3.05, 3.63) is 29.3 Å². The number of carbonyl (C=O) groups excluding carboxylic acids is 1. The normalized spacial score (nSPS) is 21.1. The molecule has 0 N–H and O–H groups in total. The second-order valence-corrected chi connectivity index (χ2v) is 7.36. The van der Waals surface area contributed by atoms with E-state index < -0.39 is 10.0 Å². The third kappa shape index (κ3) is 2.79. The molecule has 1 fully saturated rings. The lowest BCUT2D eigenvalue weighted by molar-refractivity contribution is -0.125. The van der Waals surface area contributed by atoms with Crippen molar-refractivity contribution in [2.24, 2.45) is 5.92 Å². The van der Waals surface area contributed by atoms with E-state index >= 15 is 0 Å².